The third-order valence-corrected chi connectivity index (χ3v) is 8.26. The molecule has 0 unspecified atom stereocenters. The Hall–Kier alpha value is -2.45. The fourth-order valence-corrected chi connectivity index (χ4v) is 6.00. The lowest BCUT2D eigenvalue weighted by Gasteiger charge is -2.39. The van der Waals surface area contributed by atoms with E-state index in [2.05, 4.69) is 33.0 Å². The minimum Gasteiger partial charge on any atom is -0.347 e. The Morgan fingerprint density at radius 1 is 1.03 bits per heavy atom. The summed E-state index contributed by atoms with van der Waals surface area (Å²) >= 11 is 0. The third kappa shape index (κ3) is 5.54. The third-order valence-electron chi connectivity index (χ3n) is 8.26. The van der Waals surface area contributed by atoms with Crippen molar-refractivity contribution in [2.75, 3.05) is 21.1 Å². The van der Waals surface area contributed by atoms with Crippen LogP contribution >= 0.6 is 0 Å². The van der Waals surface area contributed by atoms with Gasteiger partial charge in [0.05, 0.1) is 12.1 Å². The van der Waals surface area contributed by atoms with Crippen LogP contribution in [0.3, 0.4) is 0 Å². The number of fused-ring (bicyclic) bond motifs is 2. The van der Waals surface area contributed by atoms with Gasteiger partial charge >= 0.3 is 0 Å². The van der Waals surface area contributed by atoms with E-state index in [1.165, 1.54) is 11.1 Å². The standard InChI is InChI=1S/C27H41N5O3/c1-17(28-2)25(33)30-23-16-20(31(3)4)13-12-19-14-15-24(32(19)27(23)35)26(34)29-22-11-7-9-18-8-5-6-10-21(18)22/h5-6,8,10,17,19-20,22-24,28H,7,9,11-16H2,1-4H3,(H,29,34)(H,30,33)/t17-,19-,20+,22+,23-,24-/m0/s1. The van der Waals surface area contributed by atoms with Crippen LogP contribution in [-0.2, 0) is 20.8 Å². The van der Waals surface area contributed by atoms with Gasteiger partial charge in [-0.05, 0) is 90.6 Å². The predicted octanol–water partition coefficient (Wildman–Crippen LogP) is 1.75. The minimum absolute atomic E-state index is 0.0125. The van der Waals surface area contributed by atoms with E-state index in [4.69, 9.17) is 0 Å². The molecule has 6 atom stereocenters. The zero-order chi connectivity index (χ0) is 25.1. The molecule has 2 aliphatic heterocycles. The van der Waals surface area contributed by atoms with Gasteiger partial charge in [0.25, 0.3) is 0 Å². The Balaban J connectivity index is 1.53. The fourth-order valence-electron chi connectivity index (χ4n) is 6.00. The number of carbonyl (C=O) groups is 3. The van der Waals surface area contributed by atoms with Crippen LogP contribution in [0.1, 0.15) is 69.0 Å². The van der Waals surface area contributed by atoms with Crippen LogP contribution < -0.4 is 16.0 Å². The summed E-state index contributed by atoms with van der Waals surface area (Å²) in [6, 6.07) is 7.01. The number of hydrogen-bond acceptors (Lipinski definition) is 5. The van der Waals surface area contributed by atoms with Gasteiger partial charge in [-0.15, -0.1) is 0 Å². The SMILES string of the molecule is CN[C@@H](C)C(=O)N[C@H]1C[C@H](N(C)C)CC[C@H]2CC[C@@H](C(=O)N[C@@H]3CCCc4ccccc43)N2C1=O. The Labute approximate surface area is 209 Å². The van der Waals surface area contributed by atoms with Crippen LogP contribution in [0.15, 0.2) is 24.3 Å². The second-order valence-corrected chi connectivity index (χ2v) is 10.6. The van der Waals surface area contributed by atoms with Gasteiger partial charge in [-0.1, -0.05) is 24.3 Å². The van der Waals surface area contributed by atoms with Gasteiger partial charge in [-0.3, -0.25) is 14.4 Å². The maximum Gasteiger partial charge on any atom is 0.246 e. The van der Waals surface area contributed by atoms with Crippen molar-refractivity contribution in [3.05, 3.63) is 35.4 Å². The number of likely N-dealkylation sites (N-methyl/N-ethyl adjacent to an activating group) is 1. The van der Waals surface area contributed by atoms with Crippen molar-refractivity contribution in [1.29, 1.82) is 0 Å². The lowest BCUT2D eigenvalue weighted by atomic mass is 9.87. The number of nitrogens with one attached hydrogen (secondary N) is 3. The molecule has 2 fully saturated rings. The van der Waals surface area contributed by atoms with Gasteiger partial charge in [0, 0.05) is 12.1 Å². The van der Waals surface area contributed by atoms with E-state index in [0.717, 1.165) is 38.5 Å². The van der Waals surface area contributed by atoms with Crippen LogP contribution in [0.2, 0.25) is 0 Å². The molecule has 0 spiro atoms. The highest BCUT2D eigenvalue weighted by Crippen LogP contribution is 2.34. The van der Waals surface area contributed by atoms with E-state index in [1.807, 2.05) is 31.1 Å². The highest BCUT2D eigenvalue weighted by atomic mass is 16.2. The number of nitrogens with zero attached hydrogens (tertiary/aromatic N) is 2. The van der Waals surface area contributed by atoms with Crippen LogP contribution in [0.5, 0.6) is 0 Å². The minimum atomic E-state index is -0.641. The van der Waals surface area contributed by atoms with Crippen molar-refractivity contribution in [2.24, 2.45) is 0 Å². The van der Waals surface area contributed by atoms with Crippen molar-refractivity contribution in [3.8, 4) is 0 Å². The van der Waals surface area contributed by atoms with Gasteiger partial charge in [-0.2, -0.15) is 0 Å². The Morgan fingerprint density at radius 3 is 2.51 bits per heavy atom. The molecule has 35 heavy (non-hydrogen) atoms. The van der Waals surface area contributed by atoms with Crippen molar-refractivity contribution >= 4 is 17.7 Å². The molecule has 2 heterocycles. The highest BCUT2D eigenvalue weighted by Gasteiger charge is 2.45. The normalized spacial score (nSPS) is 29.6. The monoisotopic (exact) mass is 483 g/mol. The van der Waals surface area contributed by atoms with Gasteiger partial charge < -0.3 is 25.8 Å². The molecule has 8 nitrogen and oxygen atoms in total. The van der Waals surface area contributed by atoms with E-state index in [0.29, 0.717) is 12.8 Å². The zero-order valence-electron chi connectivity index (χ0n) is 21.5. The van der Waals surface area contributed by atoms with Crippen LogP contribution in [0, 0.1) is 0 Å². The molecule has 3 amide bonds. The van der Waals surface area contributed by atoms with Crippen molar-refractivity contribution in [1.82, 2.24) is 25.8 Å². The van der Waals surface area contributed by atoms with Crippen molar-refractivity contribution in [2.45, 2.75) is 94.5 Å². The molecule has 8 heteroatoms. The maximum absolute atomic E-state index is 13.9. The number of benzene rings is 1. The quantitative estimate of drug-likeness (QED) is 0.573. The molecule has 4 rings (SSSR count). The first-order chi connectivity index (χ1) is 16.8. The van der Waals surface area contributed by atoms with E-state index >= 15 is 0 Å². The second kappa shape index (κ2) is 11.1. The molecule has 0 bridgehead atoms. The fraction of sp³-hybridized carbons (Fsp3) is 0.667. The molecule has 0 radical (unpaired) electrons. The number of aryl methyl sites for hydroxylation is 1. The van der Waals surface area contributed by atoms with E-state index < -0.39 is 18.1 Å². The smallest absolute Gasteiger partial charge is 0.246 e. The number of amides is 3. The molecule has 0 aromatic heterocycles. The van der Waals surface area contributed by atoms with Crippen LogP contribution in [0.25, 0.3) is 0 Å². The van der Waals surface area contributed by atoms with E-state index in [9.17, 15) is 14.4 Å². The highest BCUT2D eigenvalue weighted by molar-refractivity contribution is 5.94. The van der Waals surface area contributed by atoms with Crippen LogP contribution in [0.4, 0.5) is 0 Å². The van der Waals surface area contributed by atoms with Gasteiger partial charge in [0.2, 0.25) is 17.7 Å². The zero-order valence-corrected chi connectivity index (χ0v) is 21.5. The molecule has 3 N–H and O–H groups in total. The molecule has 0 saturated carbocycles. The molecule has 192 valence electrons. The number of rotatable bonds is 6. The van der Waals surface area contributed by atoms with Gasteiger partial charge in [-0.25, -0.2) is 0 Å². The summed E-state index contributed by atoms with van der Waals surface area (Å²) in [6.07, 6.45) is 6.83. The molecule has 1 aromatic carbocycles. The molecular formula is C27H41N5O3. The second-order valence-electron chi connectivity index (χ2n) is 10.6. The average molecular weight is 484 g/mol. The largest absolute Gasteiger partial charge is 0.347 e. The van der Waals surface area contributed by atoms with E-state index in [1.54, 1.807) is 14.0 Å². The summed E-state index contributed by atoms with van der Waals surface area (Å²) in [5, 5.41) is 9.21. The summed E-state index contributed by atoms with van der Waals surface area (Å²) in [4.78, 5) is 44.1. The topological polar surface area (TPSA) is 93.8 Å². The maximum atomic E-state index is 13.9. The summed E-state index contributed by atoms with van der Waals surface area (Å²) in [7, 11) is 5.78. The average Bonchev–Trinajstić information content (AvgIpc) is 3.27. The van der Waals surface area contributed by atoms with Crippen molar-refractivity contribution < 1.29 is 14.4 Å². The Bertz CT molecular complexity index is 935. The van der Waals surface area contributed by atoms with Gasteiger partial charge in [0.15, 0.2) is 0 Å². The molecular weight excluding hydrogens is 442 g/mol. The first kappa shape index (κ1) is 25.6. The number of carbonyl (C=O) groups excluding carboxylic acids is 3. The molecule has 2 saturated heterocycles. The molecule has 1 aliphatic carbocycles. The lowest BCUT2D eigenvalue weighted by Crippen LogP contribution is -2.59. The Kier molecular flexibility index (Phi) is 8.12. The van der Waals surface area contributed by atoms with Crippen LogP contribution in [-0.4, -0.2) is 78.9 Å². The summed E-state index contributed by atoms with van der Waals surface area (Å²) in [5.41, 5.74) is 2.49. The molecule has 3 aliphatic rings. The Morgan fingerprint density at radius 2 is 1.77 bits per heavy atom. The van der Waals surface area contributed by atoms with E-state index in [-0.39, 0.29) is 35.8 Å². The summed E-state index contributed by atoms with van der Waals surface area (Å²) in [6.45, 7) is 1.78. The van der Waals surface area contributed by atoms with Crippen molar-refractivity contribution in [3.63, 3.8) is 0 Å². The first-order valence-electron chi connectivity index (χ1n) is 13.1. The first-order valence-corrected chi connectivity index (χ1v) is 13.1. The lowest BCUT2D eigenvalue weighted by molar-refractivity contribution is -0.145. The summed E-state index contributed by atoms with van der Waals surface area (Å²) in [5.74, 6) is -0.389. The van der Waals surface area contributed by atoms with Gasteiger partial charge in [0.1, 0.15) is 12.1 Å². The predicted molar refractivity (Wildman–Crippen MR) is 136 cm³/mol. The number of hydrogen-bond donors (Lipinski definition) is 3. The molecule has 1 aromatic rings. The summed E-state index contributed by atoms with van der Waals surface area (Å²) < 4.78 is 0.